The van der Waals surface area contributed by atoms with Gasteiger partial charge in [0.25, 0.3) is 5.91 Å². The van der Waals surface area contributed by atoms with E-state index in [0.717, 1.165) is 5.56 Å². The lowest BCUT2D eigenvalue weighted by molar-refractivity contribution is -0.176. The molecule has 0 aliphatic heterocycles. The number of nitrogens with zero attached hydrogens (tertiary/aromatic N) is 1. The van der Waals surface area contributed by atoms with Crippen molar-refractivity contribution in [3.05, 3.63) is 71.3 Å². The first-order chi connectivity index (χ1) is 14.9. The highest BCUT2D eigenvalue weighted by molar-refractivity contribution is 5.94. The van der Waals surface area contributed by atoms with Crippen LogP contribution in [0.25, 0.3) is 0 Å². The minimum absolute atomic E-state index is 0.0953. The summed E-state index contributed by atoms with van der Waals surface area (Å²) in [7, 11) is 0. The number of alkyl halides is 3. The van der Waals surface area contributed by atoms with E-state index < -0.39 is 12.8 Å². The maximum absolute atomic E-state index is 12.1. The fraction of sp³-hybridized carbons (Fsp3) is 0.364. The molecule has 31 heavy (non-hydrogen) atoms. The van der Waals surface area contributed by atoms with Crippen LogP contribution in [0.1, 0.15) is 28.4 Å². The van der Waals surface area contributed by atoms with Gasteiger partial charge in [-0.1, -0.05) is 42.5 Å². The lowest BCUT2D eigenvalue weighted by Gasteiger charge is -2.12. The Morgan fingerprint density at radius 2 is 1.58 bits per heavy atom. The van der Waals surface area contributed by atoms with Gasteiger partial charge in [0.15, 0.2) is 5.96 Å². The largest absolute Gasteiger partial charge is 0.411 e. The third kappa shape index (κ3) is 9.99. The molecule has 2 rings (SSSR count). The number of hydrogen-bond donors (Lipinski definition) is 3. The van der Waals surface area contributed by atoms with E-state index in [9.17, 15) is 18.0 Å². The lowest BCUT2D eigenvalue weighted by atomic mass is 10.1. The SMILES string of the molecule is CCNC(=NCc1ccc(COCC(F)(F)F)cc1)NCCNC(=O)c1ccccc1. The zero-order chi connectivity index (χ0) is 22.5. The molecule has 0 saturated carbocycles. The van der Waals surface area contributed by atoms with Crippen molar-refractivity contribution < 1.29 is 22.7 Å². The number of halogens is 3. The van der Waals surface area contributed by atoms with E-state index in [1.807, 2.05) is 25.1 Å². The first-order valence-corrected chi connectivity index (χ1v) is 9.95. The number of amides is 1. The van der Waals surface area contributed by atoms with Crippen molar-refractivity contribution >= 4 is 11.9 Å². The Bertz CT molecular complexity index is 825. The molecule has 0 aliphatic carbocycles. The predicted octanol–water partition coefficient (Wildman–Crippen LogP) is 3.25. The van der Waals surface area contributed by atoms with Gasteiger partial charge in [0.1, 0.15) is 6.61 Å². The fourth-order valence-corrected chi connectivity index (χ4v) is 2.59. The Labute approximate surface area is 179 Å². The van der Waals surface area contributed by atoms with E-state index in [2.05, 4.69) is 25.7 Å². The standard InChI is InChI=1S/C22H27F3N4O2/c1-2-26-21(28-13-12-27-20(30)19-6-4-3-5-7-19)29-14-17-8-10-18(11-9-17)15-31-16-22(23,24)25/h3-11H,2,12-16H2,1H3,(H,27,30)(H2,26,28,29). The number of rotatable bonds is 10. The van der Waals surface area contributed by atoms with Gasteiger partial charge in [0.2, 0.25) is 0 Å². The molecule has 6 nitrogen and oxygen atoms in total. The second-order valence-electron chi connectivity index (χ2n) is 6.67. The Balaban J connectivity index is 1.76. The first-order valence-electron chi connectivity index (χ1n) is 9.95. The summed E-state index contributed by atoms with van der Waals surface area (Å²) in [6, 6.07) is 16.0. The number of benzene rings is 2. The Morgan fingerprint density at radius 1 is 0.935 bits per heavy atom. The van der Waals surface area contributed by atoms with Gasteiger partial charge in [-0.3, -0.25) is 4.79 Å². The molecule has 2 aromatic carbocycles. The van der Waals surface area contributed by atoms with Crippen molar-refractivity contribution in [3.8, 4) is 0 Å². The minimum atomic E-state index is -4.32. The predicted molar refractivity (Wildman–Crippen MR) is 114 cm³/mol. The van der Waals surface area contributed by atoms with E-state index in [1.54, 1.807) is 36.4 Å². The zero-order valence-corrected chi connectivity index (χ0v) is 17.3. The summed E-state index contributed by atoms with van der Waals surface area (Å²) in [4.78, 5) is 16.5. The van der Waals surface area contributed by atoms with Gasteiger partial charge in [-0.25, -0.2) is 4.99 Å². The van der Waals surface area contributed by atoms with Crippen LogP contribution in [0, 0.1) is 0 Å². The molecule has 0 aromatic heterocycles. The topological polar surface area (TPSA) is 74.8 Å². The van der Waals surface area contributed by atoms with Gasteiger partial charge in [0, 0.05) is 25.2 Å². The number of nitrogens with one attached hydrogen (secondary N) is 3. The molecule has 0 aliphatic rings. The molecule has 9 heteroatoms. The van der Waals surface area contributed by atoms with Crippen LogP contribution in [-0.4, -0.2) is 44.3 Å². The van der Waals surface area contributed by atoms with Gasteiger partial charge < -0.3 is 20.7 Å². The summed E-state index contributed by atoms with van der Waals surface area (Å²) >= 11 is 0. The summed E-state index contributed by atoms with van der Waals surface area (Å²) in [6.45, 7) is 2.60. The average Bonchev–Trinajstić information content (AvgIpc) is 2.75. The maximum Gasteiger partial charge on any atom is 0.411 e. The molecule has 0 bridgehead atoms. The number of hydrogen-bond acceptors (Lipinski definition) is 3. The van der Waals surface area contributed by atoms with Crippen molar-refractivity contribution in [2.45, 2.75) is 26.3 Å². The van der Waals surface area contributed by atoms with E-state index >= 15 is 0 Å². The molecule has 1 amide bonds. The van der Waals surface area contributed by atoms with Crippen molar-refractivity contribution in [1.29, 1.82) is 0 Å². The number of carbonyl (C=O) groups excluding carboxylic acids is 1. The van der Waals surface area contributed by atoms with Gasteiger partial charge in [-0.15, -0.1) is 0 Å². The molecule has 0 radical (unpaired) electrons. The summed E-state index contributed by atoms with van der Waals surface area (Å²) in [5.74, 6) is 0.470. The molecule has 3 N–H and O–H groups in total. The summed E-state index contributed by atoms with van der Waals surface area (Å²) in [5, 5.41) is 9.11. The quantitative estimate of drug-likeness (QED) is 0.304. The second-order valence-corrected chi connectivity index (χ2v) is 6.67. The van der Waals surface area contributed by atoms with E-state index in [-0.39, 0.29) is 12.5 Å². The number of guanidine groups is 1. The van der Waals surface area contributed by atoms with Gasteiger partial charge in [0.05, 0.1) is 13.2 Å². The van der Waals surface area contributed by atoms with Crippen LogP contribution in [0.4, 0.5) is 13.2 Å². The molecular formula is C22H27F3N4O2. The highest BCUT2D eigenvalue weighted by atomic mass is 19.4. The van der Waals surface area contributed by atoms with Crippen LogP contribution in [0.5, 0.6) is 0 Å². The summed E-state index contributed by atoms with van der Waals surface area (Å²) in [6.07, 6.45) is -4.32. The third-order valence-corrected chi connectivity index (χ3v) is 4.06. The smallest absolute Gasteiger partial charge is 0.367 e. The van der Waals surface area contributed by atoms with Crippen LogP contribution in [0.3, 0.4) is 0 Å². The molecule has 0 saturated heterocycles. The molecule has 0 unspecified atom stereocenters. The number of ether oxygens (including phenoxy) is 1. The van der Waals surface area contributed by atoms with Gasteiger partial charge >= 0.3 is 6.18 Å². The van der Waals surface area contributed by atoms with Crippen LogP contribution in [-0.2, 0) is 17.9 Å². The highest BCUT2D eigenvalue weighted by Gasteiger charge is 2.27. The van der Waals surface area contributed by atoms with E-state index in [1.165, 1.54) is 0 Å². The molecule has 0 spiro atoms. The monoisotopic (exact) mass is 436 g/mol. The molecule has 0 fully saturated rings. The first kappa shape index (κ1) is 24.2. The van der Waals surface area contributed by atoms with E-state index in [4.69, 9.17) is 0 Å². The Kier molecular flexibility index (Phi) is 9.83. The minimum Gasteiger partial charge on any atom is -0.367 e. The molecule has 168 valence electrons. The fourth-order valence-electron chi connectivity index (χ4n) is 2.59. The molecule has 0 atom stereocenters. The summed E-state index contributed by atoms with van der Waals surface area (Å²) < 4.78 is 41.0. The summed E-state index contributed by atoms with van der Waals surface area (Å²) in [5.41, 5.74) is 2.18. The van der Waals surface area contributed by atoms with Gasteiger partial charge in [-0.2, -0.15) is 13.2 Å². The van der Waals surface area contributed by atoms with Crippen molar-refractivity contribution in [2.75, 3.05) is 26.2 Å². The zero-order valence-electron chi connectivity index (χ0n) is 17.3. The Hall–Kier alpha value is -3.07. The molecule has 2 aromatic rings. The van der Waals surface area contributed by atoms with Crippen LogP contribution < -0.4 is 16.0 Å². The highest BCUT2D eigenvalue weighted by Crippen LogP contribution is 2.16. The second kappa shape index (κ2) is 12.6. The van der Waals surface area contributed by atoms with E-state index in [0.29, 0.717) is 43.3 Å². The maximum atomic E-state index is 12.1. The van der Waals surface area contributed by atoms with Gasteiger partial charge in [-0.05, 0) is 30.2 Å². The number of carbonyl (C=O) groups is 1. The normalized spacial score (nSPS) is 11.8. The average molecular weight is 436 g/mol. The molecular weight excluding hydrogens is 409 g/mol. The third-order valence-electron chi connectivity index (χ3n) is 4.06. The number of aliphatic imine (C=N–C) groups is 1. The Morgan fingerprint density at radius 3 is 2.23 bits per heavy atom. The van der Waals surface area contributed by atoms with Crippen molar-refractivity contribution in [1.82, 2.24) is 16.0 Å². The van der Waals surface area contributed by atoms with Crippen molar-refractivity contribution in [2.24, 2.45) is 4.99 Å². The van der Waals surface area contributed by atoms with Crippen LogP contribution in [0.2, 0.25) is 0 Å². The lowest BCUT2D eigenvalue weighted by Crippen LogP contribution is -2.41. The molecule has 0 heterocycles. The van der Waals surface area contributed by atoms with Crippen LogP contribution in [0.15, 0.2) is 59.6 Å². The van der Waals surface area contributed by atoms with Crippen molar-refractivity contribution in [3.63, 3.8) is 0 Å². The van der Waals surface area contributed by atoms with Crippen LogP contribution >= 0.6 is 0 Å².